The summed E-state index contributed by atoms with van der Waals surface area (Å²) in [6, 6.07) is 7.74. The molecule has 1 aromatic carbocycles. The predicted molar refractivity (Wildman–Crippen MR) is 67.9 cm³/mol. The first kappa shape index (κ1) is 12.4. The number of hydrogen-bond donors (Lipinski definition) is 2. The lowest BCUT2D eigenvalue weighted by molar-refractivity contribution is 0.181. The van der Waals surface area contributed by atoms with Gasteiger partial charge in [0.05, 0.1) is 19.4 Å². The van der Waals surface area contributed by atoms with Crippen LogP contribution in [-0.2, 0) is 17.8 Å². The van der Waals surface area contributed by atoms with E-state index in [9.17, 15) is 4.79 Å². The minimum absolute atomic E-state index is 0.203. The van der Waals surface area contributed by atoms with Gasteiger partial charge >= 0.3 is 5.69 Å². The van der Waals surface area contributed by atoms with Crippen LogP contribution in [0.1, 0.15) is 17.0 Å². The van der Waals surface area contributed by atoms with Crippen molar-refractivity contribution in [1.82, 2.24) is 9.97 Å². The minimum atomic E-state index is -0.203. The molecule has 2 aromatic rings. The van der Waals surface area contributed by atoms with E-state index < -0.39 is 0 Å². The number of H-pyrrole nitrogens is 2. The second kappa shape index (κ2) is 5.55. The molecule has 0 bridgehead atoms. The van der Waals surface area contributed by atoms with E-state index in [1.54, 1.807) is 14.2 Å². The molecule has 0 unspecified atom stereocenters. The van der Waals surface area contributed by atoms with Crippen molar-refractivity contribution in [3.05, 3.63) is 51.7 Å². The molecule has 2 N–H and O–H groups in total. The van der Waals surface area contributed by atoms with Gasteiger partial charge in [-0.1, -0.05) is 12.1 Å². The fraction of sp³-hybridized carbons (Fsp3) is 0.308. The van der Waals surface area contributed by atoms with Crippen molar-refractivity contribution >= 4 is 0 Å². The maximum absolute atomic E-state index is 11.3. The summed E-state index contributed by atoms with van der Waals surface area (Å²) in [4.78, 5) is 16.8. The smallest absolute Gasteiger partial charge is 0.323 e. The summed E-state index contributed by atoms with van der Waals surface area (Å²) >= 11 is 0. The number of benzene rings is 1. The van der Waals surface area contributed by atoms with Gasteiger partial charge in [0.1, 0.15) is 5.75 Å². The molecule has 0 amide bonds. The maximum Gasteiger partial charge on any atom is 0.323 e. The molecule has 0 spiro atoms. The van der Waals surface area contributed by atoms with E-state index in [1.165, 1.54) is 0 Å². The third-order valence-electron chi connectivity index (χ3n) is 2.72. The van der Waals surface area contributed by atoms with Gasteiger partial charge in [-0.15, -0.1) is 0 Å². The standard InChI is InChI=1S/C13H16N2O3/c1-17-8-12-11(14-13(16)15-12)7-9-3-5-10(18-2)6-4-9/h3-6H,7-8H2,1-2H3,(H2,14,15,16). The average molecular weight is 248 g/mol. The highest BCUT2D eigenvalue weighted by molar-refractivity contribution is 5.30. The Morgan fingerprint density at radius 3 is 2.33 bits per heavy atom. The lowest BCUT2D eigenvalue weighted by atomic mass is 10.1. The number of aromatic nitrogens is 2. The van der Waals surface area contributed by atoms with Crippen molar-refractivity contribution in [2.75, 3.05) is 14.2 Å². The summed E-state index contributed by atoms with van der Waals surface area (Å²) in [5.41, 5.74) is 2.54. The number of rotatable bonds is 5. The van der Waals surface area contributed by atoms with E-state index in [0.29, 0.717) is 13.0 Å². The number of ether oxygens (including phenoxy) is 2. The Morgan fingerprint density at radius 1 is 1.06 bits per heavy atom. The second-order valence-electron chi connectivity index (χ2n) is 3.99. The van der Waals surface area contributed by atoms with E-state index in [0.717, 1.165) is 22.7 Å². The van der Waals surface area contributed by atoms with Gasteiger partial charge in [0.25, 0.3) is 0 Å². The van der Waals surface area contributed by atoms with Crippen molar-refractivity contribution in [2.24, 2.45) is 0 Å². The van der Waals surface area contributed by atoms with Crippen LogP contribution < -0.4 is 10.4 Å². The minimum Gasteiger partial charge on any atom is -0.497 e. The largest absolute Gasteiger partial charge is 0.497 e. The summed E-state index contributed by atoms with van der Waals surface area (Å²) in [5.74, 6) is 0.818. The lowest BCUT2D eigenvalue weighted by Crippen LogP contribution is -2.01. The third-order valence-corrected chi connectivity index (χ3v) is 2.72. The second-order valence-corrected chi connectivity index (χ2v) is 3.99. The Hall–Kier alpha value is -2.01. The Kier molecular flexibility index (Phi) is 3.84. The Bertz CT molecular complexity index is 554. The van der Waals surface area contributed by atoms with Gasteiger partial charge in [-0.05, 0) is 17.7 Å². The number of aromatic amines is 2. The summed E-state index contributed by atoms with van der Waals surface area (Å²) in [6.45, 7) is 0.393. The third kappa shape index (κ3) is 2.81. The number of hydrogen-bond acceptors (Lipinski definition) is 3. The molecular weight excluding hydrogens is 232 g/mol. The van der Waals surface area contributed by atoms with Crippen LogP contribution in [0.15, 0.2) is 29.1 Å². The number of methoxy groups -OCH3 is 2. The van der Waals surface area contributed by atoms with Crippen molar-refractivity contribution in [1.29, 1.82) is 0 Å². The van der Waals surface area contributed by atoms with E-state index in [-0.39, 0.29) is 5.69 Å². The molecule has 1 aromatic heterocycles. The molecule has 0 aliphatic rings. The SMILES string of the molecule is COCc1[nH]c(=O)[nH]c1Cc1ccc(OC)cc1. The summed E-state index contributed by atoms with van der Waals surface area (Å²) < 4.78 is 10.1. The molecule has 0 saturated heterocycles. The summed E-state index contributed by atoms with van der Waals surface area (Å²) in [7, 11) is 3.23. The van der Waals surface area contributed by atoms with Crippen LogP contribution in [0.3, 0.4) is 0 Å². The normalized spacial score (nSPS) is 10.6. The first-order valence-corrected chi connectivity index (χ1v) is 5.65. The van der Waals surface area contributed by atoms with Gasteiger partial charge < -0.3 is 19.4 Å². The van der Waals surface area contributed by atoms with Crippen LogP contribution in [0.4, 0.5) is 0 Å². The molecule has 0 radical (unpaired) electrons. The molecule has 1 heterocycles. The summed E-state index contributed by atoms with van der Waals surface area (Å²) in [5, 5.41) is 0. The fourth-order valence-electron chi connectivity index (χ4n) is 1.82. The van der Waals surface area contributed by atoms with Gasteiger partial charge in [-0.25, -0.2) is 4.79 Å². The zero-order chi connectivity index (χ0) is 13.0. The fourth-order valence-corrected chi connectivity index (χ4v) is 1.82. The van der Waals surface area contributed by atoms with E-state index >= 15 is 0 Å². The molecule has 0 atom stereocenters. The van der Waals surface area contributed by atoms with E-state index in [2.05, 4.69) is 9.97 Å². The van der Waals surface area contributed by atoms with Crippen molar-refractivity contribution < 1.29 is 9.47 Å². The Morgan fingerprint density at radius 2 is 1.72 bits per heavy atom. The average Bonchev–Trinajstić information content (AvgIpc) is 2.71. The highest BCUT2D eigenvalue weighted by atomic mass is 16.5. The van der Waals surface area contributed by atoms with Crippen LogP contribution in [0.5, 0.6) is 5.75 Å². The molecule has 18 heavy (non-hydrogen) atoms. The van der Waals surface area contributed by atoms with Crippen molar-refractivity contribution in [3.8, 4) is 5.75 Å². The van der Waals surface area contributed by atoms with Gasteiger partial charge in [0.15, 0.2) is 0 Å². The van der Waals surface area contributed by atoms with Gasteiger partial charge in [0.2, 0.25) is 0 Å². The number of imidazole rings is 1. The zero-order valence-corrected chi connectivity index (χ0v) is 10.4. The van der Waals surface area contributed by atoms with Crippen LogP contribution in [0, 0.1) is 0 Å². The molecule has 0 saturated carbocycles. The van der Waals surface area contributed by atoms with Crippen LogP contribution in [-0.4, -0.2) is 24.2 Å². The first-order valence-electron chi connectivity index (χ1n) is 5.65. The van der Waals surface area contributed by atoms with Crippen LogP contribution in [0.25, 0.3) is 0 Å². The first-order chi connectivity index (χ1) is 8.72. The van der Waals surface area contributed by atoms with Crippen molar-refractivity contribution in [3.63, 3.8) is 0 Å². The van der Waals surface area contributed by atoms with Crippen molar-refractivity contribution in [2.45, 2.75) is 13.0 Å². The molecular formula is C13H16N2O3. The molecule has 96 valence electrons. The van der Waals surface area contributed by atoms with E-state index in [4.69, 9.17) is 9.47 Å². The molecule has 5 nitrogen and oxygen atoms in total. The van der Waals surface area contributed by atoms with Gasteiger partial charge in [-0.3, -0.25) is 0 Å². The summed E-state index contributed by atoms with van der Waals surface area (Å²) in [6.07, 6.45) is 0.654. The molecule has 0 aliphatic heterocycles. The monoisotopic (exact) mass is 248 g/mol. The maximum atomic E-state index is 11.3. The molecule has 0 fully saturated rings. The Labute approximate surface area is 105 Å². The highest BCUT2D eigenvalue weighted by Crippen LogP contribution is 2.15. The molecule has 2 rings (SSSR count). The number of nitrogens with one attached hydrogen (secondary N) is 2. The zero-order valence-electron chi connectivity index (χ0n) is 10.4. The van der Waals surface area contributed by atoms with Crippen LogP contribution >= 0.6 is 0 Å². The van der Waals surface area contributed by atoms with E-state index in [1.807, 2.05) is 24.3 Å². The molecule has 0 aliphatic carbocycles. The lowest BCUT2D eigenvalue weighted by Gasteiger charge is -2.04. The predicted octanol–water partition coefficient (Wildman–Crippen LogP) is 1.45. The molecule has 5 heteroatoms. The van der Waals surface area contributed by atoms with Gasteiger partial charge in [-0.2, -0.15) is 0 Å². The van der Waals surface area contributed by atoms with Gasteiger partial charge in [0, 0.05) is 19.2 Å². The topological polar surface area (TPSA) is 67.1 Å². The quantitative estimate of drug-likeness (QED) is 0.841. The highest BCUT2D eigenvalue weighted by Gasteiger charge is 2.07. The Balaban J connectivity index is 2.19. The van der Waals surface area contributed by atoms with Crippen LogP contribution in [0.2, 0.25) is 0 Å².